The number of anilines is 1. The summed E-state index contributed by atoms with van der Waals surface area (Å²) in [5.74, 6) is -1.59. The Morgan fingerprint density at radius 3 is 2.68 bits per heavy atom. The van der Waals surface area contributed by atoms with Crippen LogP contribution in [0.5, 0.6) is 11.8 Å². The molecule has 0 aliphatic heterocycles. The lowest BCUT2D eigenvalue weighted by Crippen LogP contribution is -2.03. The number of halogens is 2. The Bertz CT molecular complexity index is 635. The Morgan fingerprint density at radius 2 is 2.11 bits per heavy atom. The molecule has 2 aromatic heterocycles. The summed E-state index contributed by atoms with van der Waals surface area (Å²) in [4.78, 5) is 16.9. The molecule has 0 bridgehead atoms. The fraction of sp³-hybridized carbons (Fsp3) is 0. The summed E-state index contributed by atoms with van der Waals surface area (Å²) in [6, 6.07) is 2.87. The zero-order valence-electron chi connectivity index (χ0n) is 9.21. The topological polar surface area (TPSA) is 104 Å². The first kappa shape index (κ1) is 13.0. The van der Waals surface area contributed by atoms with Gasteiger partial charge in [0.1, 0.15) is 6.20 Å². The van der Waals surface area contributed by atoms with Crippen LogP contribution in [0.25, 0.3) is 0 Å². The average molecular weight is 285 g/mol. The highest BCUT2D eigenvalue weighted by Gasteiger charge is 2.21. The van der Waals surface area contributed by atoms with Crippen LogP contribution in [0.1, 0.15) is 0 Å². The van der Waals surface area contributed by atoms with E-state index in [0.717, 1.165) is 6.20 Å². The molecule has 0 fully saturated rings. The molecule has 2 heterocycles. The van der Waals surface area contributed by atoms with E-state index in [1.807, 2.05) is 0 Å². The molecule has 0 unspecified atom stereocenters. The van der Waals surface area contributed by atoms with Crippen LogP contribution in [0.4, 0.5) is 15.8 Å². The molecule has 0 aromatic carbocycles. The van der Waals surface area contributed by atoms with Gasteiger partial charge in [0, 0.05) is 12.3 Å². The van der Waals surface area contributed by atoms with Crippen molar-refractivity contribution in [3.63, 3.8) is 0 Å². The lowest BCUT2D eigenvalue weighted by Gasteiger charge is -2.06. The predicted molar refractivity (Wildman–Crippen MR) is 64.6 cm³/mol. The third-order valence-corrected chi connectivity index (χ3v) is 2.33. The standard InChI is InChI=1S/C10H6ClFN4O3/c11-5-1-2-7(14-3-5)19-10-8(12)9(13)6(4-15-10)16(17)18/h1-4H,(H2,13,15). The van der Waals surface area contributed by atoms with E-state index in [1.165, 1.54) is 18.3 Å². The van der Waals surface area contributed by atoms with E-state index >= 15 is 0 Å². The maximum atomic E-state index is 13.7. The van der Waals surface area contributed by atoms with Gasteiger partial charge in [-0.15, -0.1) is 0 Å². The van der Waals surface area contributed by atoms with E-state index in [4.69, 9.17) is 22.1 Å². The van der Waals surface area contributed by atoms with Crippen molar-refractivity contribution in [2.45, 2.75) is 0 Å². The van der Waals surface area contributed by atoms with Crippen molar-refractivity contribution >= 4 is 23.0 Å². The minimum atomic E-state index is -1.12. The number of hydrogen-bond acceptors (Lipinski definition) is 6. The molecule has 2 rings (SSSR count). The average Bonchev–Trinajstić information content (AvgIpc) is 2.37. The molecule has 7 nitrogen and oxygen atoms in total. The lowest BCUT2D eigenvalue weighted by atomic mass is 10.3. The van der Waals surface area contributed by atoms with Crippen molar-refractivity contribution in [3.8, 4) is 11.8 Å². The van der Waals surface area contributed by atoms with Gasteiger partial charge in [-0.1, -0.05) is 11.6 Å². The molecule has 0 radical (unpaired) electrons. The fourth-order valence-electron chi connectivity index (χ4n) is 1.21. The number of pyridine rings is 2. The molecule has 0 aliphatic carbocycles. The monoisotopic (exact) mass is 284 g/mol. The molecule has 98 valence electrons. The molecular weight excluding hydrogens is 279 g/mol. The molecule has 2 N–H and O–H groups in total. The molecule has 19 heavy (non-hydrogen) atoms. The van der Waals surface area contributed by atoms with Crippen molar-refractivity contribution in [2.24, 2.45) is 0 Å². The molecule has 0 aliphatic rings. The smallest absolute Gasteiger partial charge is 0.313 e. The summed E-state index contributed by atoms with van der Waals surface area (Å²) in [6.07, 6.45) is 2.10. The predicted octanol–water partition coefficient (Wildman–Crippen LogP) is 2.55. The Labute approximate surface area is 111 Å². The summed E-state index contributed by atoms with van der Waals surface area (Å²) >= 11 is 5.62. The molecule has 2 aromatic rings. The third-order valence-electron chi connectivity index (χ3n) is 2.10. The van der Waals surface area contributed by atoms with Crippen LogP contribution in [-0.2, 0) is 0 Å². The van der Waals surface area contributed by atoms with Crippen molar-refractivity contribution in [1.29, 1.82) is 0 Å². The summed E-state index contributed by atoms with van der Waals surface area (Å²) in [5, 5.41) is 10.9. The van der Waals surface area contributed by atoms with E-state index in [1.54, 1.807) is 0 Å². The SMILES string of the molecule is Nc1c([N+](=O)[O-])cnc(Oc2ccc(Cl)cn2)c1F. The van der Waals surface area contributed by atoms with E-state index in [-0.39, 0.29) is 5.88 Å². The Hall–Kier alpha value is -2.48. The van der Waals surface area contributed by atoms with Gasteiger partial charge in [0.2, 0.25) is 11.7 Å². The third kappa shape index (κ3) is 2.68. The fourth-order valence-corrected chi connectivity index (χ4v) is 1.32. The normalized spacial score (nSPS) is 10.2. The molecule has 0 saturated carbocycles. The van der Waals surface area contributed by atoms with Crippen molar-refractivity contribution in [1.82, 2.24) is 9.97 Å². The minimum Gasteiger partial charge on any atom is -0.417 e. The molecule has 9 heteroatoms. The van der Waals surface area contributed by atoms with Crippen LogP contribution in [0.2, 0.25) is 5.02 Å². The highest BCUT2D eigenvalue weighted by Crippen LogP contribution is 2.30. The van der Waals surface area contributed by atoms with Crippen molar-refractivity contribution in [2.75, 3.05) is 5.73 Å². The highest BCUT2D eigenvalue weighted by atomic mass is 35.5. The van der Waals surface area contributed by atoms with Gasteiger partial charge < -0.3 is 10.5 Å². The van der Waals surface area contributed by atoms with Gasteiger partial charge in [-0.3, -0.25) is 10.1 Å². The summed E-state index contributed by atoms with van der Waals surface area (Å²) in [5.41, 5.74) is 4.00. The summed E-state index contributed by atoms with van der Waals surface area (Å²) in [6.45, 7) is 0. The van der Waals surface area contributed by atoms with Crippen LogP contribution < -0.4 is 10.5 Å². The van der Waals surface area contributed by atoms with Crippen LogP contribution in [0.3, 0.4) is 0 Å². The van der Waals surface area contributed by atoms with E-state index in [0.29, 0.717) is 5.02 Å². The number of aromatic nitrogens is 2. The first-order valence-electron chi connectivity index (χ1n) is 4.87. The highest BCUT2D eigenvalue weighted by molar-refractivity contribution is 6.30. The van der Waals surface area contributed by atoms with Gasteiger partial charge in [0.05, 0.1) is 9.95 Å². The largest absolute Gasteiger partial charge is 0.417 e. The van der Waals surface area contributed by atoms with Crippen LogP contribution in [-0.4, -0.2) is 14.9 Å². The number of ether oxygens (including phenoxy) is 1. The van der Waals surface area contributed by atoms with Crippen molar-refractivity contribution < 1.29 is 14.1 Å². The van der Waals surface area contributed by atoms with Gasteiger partial charge in [0.25, 0.3) is 5.88 Å². The quantitative estimate of drug-likeness (QED) is 0.686. The molecule has 0 saturated heterocycles. The number of nitrogens with two attached hydrogens (primary N) is 1. The maximum Gasteiger partial charge on any atom is 0.313 e. The second-order valence-corrected chi connectivity index (χ2v) is 3.79. The number of nitrogen functional groups attached to an aromatic ring is 1. The number of hydrogen-bond donors (Lipinski definition) is 1. The first-order valence-corrected chi connectivity index (χ1v) is 5.24. The number of nitrogens with zero attached hydrogens (tertiary/aromatic N) is 3. The molecule has 0 atom stereocenters. The first-order chi connectivity index (χ1) is 8.99. The van der Waals surface area contributed by atoms with Crippen molar-refractivity contribution in [3.05, 3.63) is 45.5 Å². The summed E-state index contributed by atoms with van der Waals surface area (Å²) in [7, 11) is 0. The molecule has 0 spiro atoms. The van der Waals surface area contributed by atoms with Gasteiger partial charge in [-0.05, 0) is 6.07 Å². The summed E-state index contributed by atoms with van der Waals surface area (Å²) < 4.78 is 18.7. The molecule has 0 amide bonds. The van der Waals surface area contributed by atoms with Crippen LogP contribution in [0.15, 0.2) is 24.5 Å². The zero-order chi connectivity index (χ0) is 14.0. The Kier molecular flexibility index (Phi) is 3.43. The lowest BCUT2D eigenvalue weighted by molar-refractivity contribution is -0.384. The van der Waals surface area contributed by atoms with E-state index in [9.17, 15) is 14.5 Å². The van der Waals surface area contributed by atoms with E-state index in [2.05, 4.69) is 9.97 Å². The van der Waals surface area contributed by atoms with Gasteiger partial charge in [0.15, 0.2) is 5.69 Å². The minimum absolute atomic E-state index is 0.0315. The van der Waals surface area contributed by atoms with Crippen LogP contribution in [0, 0.1) is 15.9 Å². The Balaban J connectivity index is 2.34. The molecular formula is C10H6ClFN4O3. The second-order valence-electron chi connectivity index (χ2n) is 3.35. The van der Waals surface area contributed by atoms with Gasteiger partial charge in [-0.25, -0.2) is 9.97 Å². The van der Waals surface area contributed by atoms with Crippen LogP contribution >= 0.6 is 11.6 Å². The van der Waals surface area contributed by atoms with E-state index < -0.39 is 28.0 Å². The van der Waals surface area contributed by atoms with Gasteiger partial charge >= 0.3 is 5.69 Å². The Morgan fingerprint density at radius 1 is 1.37 bits per heavy atom. The van der Waals surface area contributed by atoms with Gasteiger partial charge in [-0.2, -0.15) is 4.39 Å². The number of nitro groups is 1. The number of rotatable bonds is 3. The second kappa shape index (κ2) is 5.02. The maximum absolute atomic E-state index is 13.7. The zero-order valence-corrected chi connectivity index (χ0v) is 9.96.